The number of benzene rings is 3. The molecule has 0 saturated carbocycles. The van der Waals surface area contributed by atoms with Gasteiger partial charge in [-0.1, -0.05) is 37.3 Å². The number of rotatable bonds is 7. The van der Waals surface area contributed by atoms with Crippen molar-refractivity contribution < 1.29 is 13.2 Å². The highest BCUT2D eigenvalue weighted by Gasteiger charge is 2.28. The van der Waals surface area contributed by atoms with E-state index in [0.29, 0.717) is 34.8 Å². The van der Waals surface area contributed by atoms with Crippen molar-refractivity contribution >= 4 is 50.0 Å². The molecule has 0 aliphatic carbocycles. The molecule has 0 saturated heterocycles. The summed E-state index contributed by atoms with van der Waals surface area (Å²) in [5, 5.41) is 6.27. The summed E-state index contributed by atoms with van der Waals surface area (Å²) in [6, 6.07) is 22.0. The van der Waals surface area contributed by atoms with Gasteiger partial charge < -0.3 is 16.4 Å². The predicted molar refractivity (Wildman–Crippen MR) is 135 cm³/mol. The van der Waals surface area contributed by atoms with Gasteiger partial charge in [-0.25, -0.2) is 8.42 Å². The van der Waals surface area contributed by atoms with Gasteiger partial charge in [-0.3, -0.25) is 9.10 Å². The van der Waals surface area contributed by atoms with E-state index in [4.69, 9.17) is 5.73 Å². The topological polar surface area (TPSA) is 105 Å². The highest BCUT2D eigenvalue weighted by atomic mass is 32.2. The number of carbonyl (C=O) groups excluding carboxylic acids is 1. The highest BCUT2D eigenvalue weighted by Crippen LogP contribution is 2.38. The normalized spacial score (nSPS) is 14.4. The molecule has 4 N–H and O–H groups in total. The van der Waals surface area contributed by atoms with Gasteiger partial charge in [-0.2, -0.15) is 0 Å². The third-order valence-electron chi connectivity index (χ3n) is 5.48. The number of sulfonamides is 1. The maximum absolute atomic E-state index is 12.9. The Bertz CT molecular complexity index is 1320. The molecule has 33 heavy (non-hydrogen) atoms. The van der Waals surface area contributed by atoms with Crippen LogP contribution in [0, 0.1) is 0 Å². The van der Waals surface area contributed by atoms with Crippen LogP contribution in [0.5, 0.6) is 0 Å². The Balaban J connectivity index is 1.74. The van der Waals surface area contributed by atoms with Crippen LogP contribution >= 0.6 is 0 Å². The zero-order valence-corrected chi connectivity index (χ0v) is 19.3. The van der Waals surface area contributed by atoms with Crippen molar-refractivity contribution in [1.29, 1.82) is 0 Å². The molecule has 0 spiro atoms. The Kier molecular flexibility index (Phi) is 6.11. The summed E-state index contributed by atoms with van der Waals surface area (Å²) < 4.78 is 26.1. The van der Waals surface area contributed by atoms with Gasteiger partial charge in [0, 0.05) is 29.7 Å². The molecule has 170 valence electrons. The molecule has 7 nitrogen and oxygen atoms in total. The molecular formula is C25H26N4O3S. The Hall–Kier alpha value is -3.78. The van der Waals surface area contributed by atoms with Crippen LogP contribution in [0.3, 0.4) is 0 Å². The van der Waals surface area contributed by atoms with Gasteiger partial charge in [-0.05, 0) is 54.4 Å². The van der Waals surface area contributed by atoms with Crippen LogP contribution in [-0.4, -0.2) is 27.1 Å². The van der Waals surface area contributed by atoms with Gasteiger partial charge in [0.25, 0.3) is 5.91 Å². The molecular weight excluding hydrogens is 436 g/mol. The van der Waals surface area contributed by atoms with Crippen LogP contribution in [0.1, 0.15) is 24.5 Å². The van der Waals surface area contributed by atoms with Gasteiger partial charge >= 0.3 is 0 Å². The van der Waals surface area contributed by atoms with Crippen LogP contribution in [0.15, 0.2) is 72.8 Å². The van der Waals surface area contributed by atoms with E-state index in [0.717, 1.165) is 16.8 Å². The van der Waals surface area contributed by atoms with Crippen LogP contribution in [0.2, 0.25) is 0 Å². The number of nitrogens with zero attached hydrogens (tertiary/aromatic N) is 1. The molecule has 0 atom stereocenters. The molecule has 0 aromatic heterocycles. The molecule has 1 amide bonds. The third-order valence-corrected chi connectivity index (χ3v) is 7.45. The van der Waals surface area contributed by atoms with Crippen molar-refractivity contribution in [3.8, 4) is 0 Å². The Morgan fingerprint density at radius 1 is 1.03 bits per heavy atom. The summed E-state index contributed by atoms with van der Waals surface area (Å²) in [6.07, 6.45) is 0.550. The lowest BCUT2D eigenvalue weighted by Crippen LogP contribution is -2.28. The van der Waals surface area contributed by atoms with Gasteiger partial charge in [0.05, 0.1) is 22.7 Å². The maximum Gasteiger partial charge on any atom is 0.258 e. The smallest absolute Gasteiger partial charge is 0.258 e. The summed E-state index contributed by atoms with van der Waals surface area (Å²) in [4.78, 5) is 12.9. The van der Waals surface area contributed by atoms with Crippen molar-refractivity contribution in [3.63, 3.8) is 0 Å². The minimum atomic E-state index is -3.36. The third kappa shape index (κ3) is 4.56. The predicted octanol–water partition coefficient (Wildman–Crippen LogP) is 4.38. The summed E-state index contributed by atoms with van der Waals surface area (Å²) in [5.41, 5.74) is 11.3. The fraction of sp³-hybridized carbons (Fsp3) is 0.160. The highest BCUT2D eigenvalue weighted by molar-refractivity contribution is 7.92. The average Bonchev–Trinajstić information content (AvgIpc) is 3.12. The zero-order chi connectivity index (χ0) is 23.6. The second-order valence-electron chi connectivity index (χ2n) is 7.83. The van der Waals surface area contributed by atoms with Gasteiger partial charge in [-0.15, -0.1) is 0 Å². The number of amides is 1. The standard InChI is InChI=1S/C25H26N4O3S/c1-3-15-33(31,32)29(2)20-12-10-19(11-13-20)27-24(17-7-5-4-6-8-17)23-21-16-18(26)9-14-22(21)28-25(23)30/h4-14,16,27H,3,15,26H2,1-2H3,(H,28,30)/b24-23-. The summed E-state index contributed by atoms with van der Waals surface area (Å²) in [5.74, 6) is -0.130. The van der Waals surface area contributed by atoms with Gasteiger partial charge in [0.1, 0.15) is 0 Å². The quantitative estimate of drug-likeness (QED) is 0.357. The van der Waals surface area contributed by atoms with E-state index in [1.807, 2.05) is 37.3 Å². The Morgan fingerprint density at radius 3 is 2.39 bits per heavy atom. The number of hydrogen-bond donors (Lipinski definition) is 3. The summed E-state index contributed by atoms with van der Waals surface area (Å²) in [7, 11) is -1.81. The van der Waals surface area contributed by atoms with E-state index >= 15 is 0 Å². The maximum atomic E-state index is 12.9. The van der Waals surface area contributed by atoms with Crippen LogP contribution < -0.4 is 20.7 Å². The van der Waals surface area contributed by atoms with Crippen molar-refractivity contribution in [1.82, 2.24) is 0 Å². The number of nitrogen functional groups attached to an aromatic ring is 1. The molecule has 1 heterocycles. The van der Waals surface area contributed by atoms with E-state index in [1.165, 1.54) is 4.31 Å². The Labute approximate surface area is 194 Å². The SMILES string of the molecule is CCCS(=O)(=O)N(C)c1ccc(N/C(=C2\C(=O)Nc3ccc(N)cc32)c2ccccc2)cc1. The minimum absolute atomic E-state index is 0.0887. The van der Waals surface area contributed by atoms with Crippen molar-refractivity contribution in [2.24, 2.45) is 0 Å². The first-order chi connectivity index (χ1) is 15.8. The molecule has 0 bridgehead atoms. The van der Waals surface area contributed by atoms with Gasteiger partial charge in [0.2, 0.25) is 10.0 Å². The van der Waals surface area contributed by atoms with E-state index < -0.39 is 10.0 Å². The molecule has 4 rings (SSSR count). The van der Waals surface area contributed by atoms with E-state index in [-0.39, 0.29) is 11.7 Å². The molecule has 1 aliphatic heterocycles. The lowest BCUT2D eigenvalue weighted by atomic mass is 9.99. The average molecular weight is 463 g/mol. The zero-order valence-electron chi connectivity index (χ0n) is 18.5. The van der Waals surface area contributed by atoms with Gasteiger partial charge in [0.15, 0.2) is 0 Å². The lowest BCUT2D eigenvalue weighted by Gasteiger charge is -2.20. The van der Waals surface area contributed by atoms with Crippen LogP contribution in [-0.2, 0) is 14.8 Å². The summed E-state index contributed by atoms with van der Waals surface area (Å²) >= 11 is 0. The number of fused-ring (bicyclic) bond motifs is 1. The first-order valence-electron chi connectivity index (χ1n) is 10.6. The molecule has 0 radical (unpaired) electrons. The monoisotopic (exact) mass is 462 g/mol. The largest absolute Gasteiger partial charge is 0.399 e. The van der Waals surface area contributed by atoms with Crippen molar-refractivity contribution in [3.05, 3.63) is 83.9 Å². The molecule has 3 aromatic rings. The van der Waals surface area contributed by atoms with Crippen molar-refractivity contribution in [2.45, 2.75) is 13.3 Å². The molecule has 3 aromatic carbocycles. The van der Waals surface area contributed by atoms with Crippen LogP contribution in [0.25, 0.3) is 11.3 Å². The lowest BCUT2D eigenvalue weighted by molar-refractivity contribution is -0.110. The second-order valence-corrected chi connectivity index (χ2v) is 9.95. The Morgan fingerprint density at radius 2 is 1.73 bits per heavy atom. The molecule has 0 fully saturated rings. The van der Waals surface area contributed by atoms with Crippen LogP contribution in [0.4, 0.5) is 22.7 Å². The molecule has 8 heteroatoms. The van der Waals surface area contributed by atoms with E-state index in [2.05, 4.69) is 10.6 Å². The number of hydrogen-bond acceptors (Lipinski definition) is 5. The molecule has 0 unspecified atom stereocenters. The number of nitrogens with one attached hydrogen (secondary N) is 2. The summed E-state index contributed by atoms with van der Waals surface area (Å²) in [6.45, 7) is 1.84. The molecule has 1 aliphatic rings. The van der Waals surface area contributed by atoms with E-state index in [9.17, 15) is 13.2 Å². The van der Waals surface area contributed by atoms with E-state index in [1.54, 1.807) is 49.5 Å². The number of nitrogens with two attached hydrogens (primary N) is 1. The minimum Gasteiger partial charge on any atom is -0.399 e. The second kappa shape index (κ2) is 8.99. The fourth-order valence-corrected chi connectivity index (χ4v) is 5.00. The number of anilines is 4. The first-order valence-corrected chi connectivity index (χ1v) is 12.3. The first kappa shape index (κ1) is 22.4. The fourth-order valence-electron chi connectivity index (χ4n) is 3.77. The number of carbonyl (C=O) groups is 1. The van der Waals surface area contributed by atoms with Crippen molar-refractivity contribution in [2.75, 3.05) is 33.5 Å².